The molecule has 1 unspecified atom stereocenters. The van der Waals surface area contributed by atoms with E-state index in [0.29, 0.717) is 5.57 Å². The van der Waals surface area contributed by atoms with Gasteiger partial charge in [-0.05, 0) is 17.8 Å². The van der Waals surface area contributed by atoms with Gasteiger partial charge in [-0.15, -0.1) is 0 Å². The number of allylic oxidation sites excluding steroid dienone is 2. The van der Waals surface area contributed by atoms with Crippen molar-refractivity contribution in [2.24, 2.45) is 16.7 Å². The lowest BCUT2D eigenvalue weighted by Crippen LogP contribution is -2.26. The quantitative estimate of drug-likeness (QED) is 0.568. The number of hydrogen-bond acceptors (Lipinski definition) is 2. The maximum atomic E-state index is 11.6. The zero-order chi connectivity index (χ0) is 13.3. The average Bonchev–Trinajstić information content (AvgIpc) is 1.97. The van der Waals surface area contributed by atoms with Crippen LogP contribution in [-0.4, -0.2) is 10.9 Å². The largest absolute Gasteiger partial charge is 0.512 e. The Balaban J connectivity index is 5.56. The summed E-state index contributed by atoms with van der Waals surface area (Å²) in [6, 6.07) is 0. The predicted molar refractivity (Wildman–Crippen MR) is 68.4 cm³/mol. The number of Topliss-reactive ketones (excluding diaryl/α,β-unsaturated/α-hetero) is 1. The van der Waals surface area contributed by atoms with Crippen LogP contribution in [0, 0.1) is 16.7 Å². The van der Waals surface area contributed by atoms with Crippen LogP contribution in [0.1, 0.15) is 55.4 Å². The summed E-state index contributed by atoms with van der Waals surface area (Å²) < 4.78 is 0. The second-order valence-electron chi connectivity index (χ2n) is 6.65. The molecule has 0 bridgehead atoms. The minimum absolute atomic E-state index is 0.0226. The maximum Gasteiger partial charge on any atom is 0.159 e. The first kappa shape index (κ1) is 15.2. The Morgan fingerprint density at radius 3 is 1.62 bits per heavy atom. The van der Waals surface area contributed by atoms with Crippen LogP contribution in [0.25, 0.3) is 0 Å². The molecular formula is C14H26O2. The van der Waals surface area contributed by atoms with E-state index in [4.69, 9.17) is 0 Å². The molecule has 0 aliphatic rings. The first-order valence-electron chi connectivity index (χ1n) is 5.83. The van der Waals surface area contributed by atoms with E-state index in [0.717, 1.165) is 0 Å². The lowest BCUT2D eigenvalue weighted by atomic mass is 9.75. The highest BCUT2D eigenvalue weighted by molar-refractivity contribution is 5.94. The van der Waals surface area contributed by atoms with Crippen LogP contribution in [0.3, 0.4) is 0 Å². The van der Waals surface area contributed by atoms with E-state index in [1.54, 1.807) is 0 Å². The number of ketones is 1. The van der Waals surface area contributed by atoms with E-state index >= 15 is 0 Å². The highest BCUT2D eigenvalue weighted by Crippen LogP contribution is 2.37. The Hall–Kier alpha value is -0.790. The first-order valence-corrected chi connectivity index (χ1v) is 5.83. The van der Waals surface area contributed by atoms with E-state index in [9.17, 15) is 9.90 Å². The summed E-state index contributed by atoms with van der Waals surface area (Å²) >= 11 is 0. The molecule has 0 fully saturated rings. The number of aliphatic hydroxyl groups is 1. The van der Waals surface area contributed by atoms with Gasteiger partial charge >= 0.3 is 0 Å². The van der Waals surface area contributed by atoms with Crippen molar-refractivity contribution in [3.63, 3.8) is 0 Å². The monoisotopic (exact) mass is 226 g/mol. The third-order valence-corrected chi connectivity index (χ3v) is 3.07. The van der Waals surface area contributed by atoms with E-state index < -0.39 is 0 Å². The van der Waals surface area contributed by atoms with Gasteiger partial charge in [-0.25, -0.2) is 0 Å². The van der Waals surface area contributed by atoms with Gasteiger partial charge in [0.15, 0.2) is 5.78 Å². The van der Waals surface area contributed by atoms with E-state index in [2.05, 4.69) is 20.8 Å². The Bertz CT molecular complexity index is 298. The highest BCUT2D eigenvalue weighted by Gasteiger charge is 2.32. The molecule has 2 heteroatoms. The average molecular weight is 226 g/mol. The minimum Gasteiger partial charge on any atom is -0.512 e. The van der Waals surface area contributed by atoms with Crippen molar-refractivity contribution in [3.05, 3.63) is 11.3 Å². The lowest BCUT2D eigenvalue weighted by Gasteiger charge is -2.31. The molecule has 0 saturated heterocycles. The van der Waals surface area contributed by atoms with Crippen LogP contribution < -0.4 is 0 Å². The summed E-state index contributed by atoms with van der Waals surface area (Å²) in [6.45, 7) is 15.5. The molecule has 0 aromatic carbocycles. The van der Waals surface area contributed by atoms with Crippen LogP contribution in [-0.2, 0) is 4.79 Å². The zero-order valence-corrected chi connectivity index (χ0v) is 11.9. The maximum absolute atomic E-state index is 11.6. The molecule has 0 rings (SSSR count). The number of rotatable bonds is 2. The number of carbonyl (C=O) groups is 1. The van der Waals surface area contributed by atoms with Gasteiger partial charge in [0.2, 0.25) is 0 Å². The Kier molecular flexibility index (Phi) is 4.38. The molecule has 0 aromatic rings. The van der Waals surface area contributed by atoms with E-state index in [-0.39, 0.29) is 28.3 Å². The van der Waals surface area contributed by atoms with Gasteiger partial charge in [0.25, 0.3) is 0 Å². The van der Waals surface area contributed by atoms with Crippen LogP contribution in [0.2, 0.25) is 0 Å². The fourth-order valence-electron chi connectivity index (χ4n) is 1.72. The summed E-state index contributed by atoms with van der Waals surface area (Å²) in [6.07, 6.45) is 0. The van der Waals surface area contributed by atoms with E-state index in [1.807, 2.05) is 27.7 Å². The third-order valence-electron chi connectivity index (χ3n) is 3.07. The van der Waals surface area contributed by atoms with E-state index in [1.165, 1.54) is 6.92 Å². The summed E-state index contributed by atoms with van der Waals surface area (Å²) in [5.41, 5.74) is 0.195. The molecule has 0 aromatic heterocycles. The summed E-state index contributed by atoms with van der Waals surface area (Å²) in [4.78, 5) is 11.6. The molecule has 0 amide bonds. The SMILES string of the molecule is CC(=O)/C(=C(\O)C(C)C(C)(C)C)C(C)(C)C. The Morgan fingerprint density at radius 2 is 1.44 bits per heavy atom. The van der Waals surface area contributed by atoms with Crippen molar-refractivity contribution >= 4 is 5.78 Å². The van der Waals surface area contributed by atoms with Crippen LogP contribution in [0.5, 0.6) is 0 Å². The molecular weight excluding hydrogens is 200 g/mol. The second-order valence-corrected chi connectivity index (χ2v) is 6.65. The Morgan fingerprint density at radius 1 is 1.06 bits per heavy atom. The molecule has 94 valence electrons. The molecule has 2 nitrogen and oxygen atoms in total. The van der Waals surface area contributed by atoms with Gasteiger partial charge in [0.1, 0.15) is 5.76 Å². The van der Waals surface area contributed by atoms with Gasteiger partial charge in [-0.2, -0.15) is 0 Å². The van der Waals surface area contributed by atoms with Crippen molar-refractivity contribution in [2.45, 2.75) is 55.4 Å². The van der Waals surface area contributed by atoms with Crippen molar-refractivity contribution in [1.29, 1.82) is 0 Å². The molecule has 16 heavy (non-hydrogen) atoms. The lowest BCUT2D eigenvalue weighted by molar-refractivity contribution is -0.114. The summed E-state index contributed by atoms with van der Waals surface area (Å²) in [5, 5.41) is 10.3. The van der Waals surface area contributed by atoms with Crippen molar-refractivity contribution in [2.75, 3.05) is 0 Å². The molecule has 0 radical (unpaired) electrons. The predicted octanol–water partition coefficient (Wildman–Crippen LogP) is 4.12. The number of carbonyl (C=O) groups excluding carboxylic acids is 1. The summed E-state index contributed by atoms with van der Waals surface area (Å²) in [7, 11) is 0. The van der Waals surface area contributed by atoms with Crippen molar-refractivity contribution in [3.8, 4) is 0 Å². The fourth-order valence-corrected chi connectivity index (χ4v) is 1.72. The van der Waals surface area contributed by atoms with Crippen LogP contribution in [0.15, 0.2) is 11.3 Å². The van der Waals surface area contributed by atoms with Crippen molar-refractivity contribution in [1.82, 2.24) is 0 Å². The highest BCUT2D eigenvalue weighted by atomic mass is 16.3. The second kappa shape index (κ2) is 4.60. The topological polar surface area (TPSA) is 37.3 Å². The standard InChI is InChI=1S/C14H26O2/c1-9(13(3,4)5)12(16)11(10(2)15)14(6,7)8/h9,16H,1-8H3/b12-11+. The van der Waals surface area contributed by atoms with Gasteiger partial charge in [-0.3, -0.25) is 4.79 Å². The Labute approximate surface area is 99.7 Å². The fraction of sp³-hybridized carbons (Fsp3) is 0.786. The van der Waals surface area contributed by atoms with Gasteiger partial charge in [0, 0.05) is 11.5 Å². The molecule has 1 atom stereocenters. The summed E-state index contributed by atoms with van der Waals surface area (Å²) in [5.74, 6) is 0.180. The first-order chi connectivity index (χ1) is 6.89. The zero-order valence-electron chi connectivity index (χ0n) is 11.9. The van der Waals surface area contributed by atoms with Crippen LogP contribution >= 0.6 is 0 Å². The molecule has 0 spiro atoms. The molecule has 1 N–H and O–H groups in total. The van der Waals surface area contributed by atoms with Gasteiger partial charge < -0.3 is 5.11 Å². The molecule has 0 heterocycles. The normalized spacial score (nSPS) is 16.8. The van der Waals surface area contributed by atoms with Crippen molar-refractivity contribution < 1.29 is 9.90 Å². The van der Waals surface area contributed by atoms with Gasteiger partial charge in [0.05, 0.1) is 0 Å². The molecule has 0 aliphatic carbocycles. The molecule has 0 saturated carbocycles. The van der Waals surface area contributed by atoms with Gasteiger partial charge in [-0.1, -0.05) is 48.5 Å². The molecule has 0 aliphatic heterocycles. The van der Waals surface area contributed by atoms with Crippen LogP contribution in [0.4, 0.5) is 0 Å². The smallest absolute Gasteiger partial charge is 0.159 e. The third kappa shape index (κ3) is 3.66. The number of aliphatic hydroxyl groups excluding tert-OH is 1. The minimum atomic E-state index is -0.310. The number of hydrogen-bond donors (Lipinski definition) is 1.